The third kappa shape index (κ3) is 5.39. The lowest BCUT2D eigenvalue weighted by molar-refractivity contribution is 0.215. The van der Waals surface area contributed by atoms with Crippen LogP contribution in [0, 0.1) is 0 Å². The van der Waals surface area contributed by atoms with Crippen molar-refractivity contribution in [2.75, 3.05) is 6.61 Å². The molecule has 5 heteroatoms. The summed E-state index contributed by atoms with van der Waals surface area (Å²) in [5.74, 6) is 0. The van der Waals surface area contributed by atoms with E-state index < -0.39 is 0 Å². The maximum absolute atomic E-state index is 11.9. The Bertz CT molecular complexity index is 605. The van der Waals surface area contributed by atoms with Crippen molar-refractivity contribution in [3.05, 3.63) is 70.7 Å². The van der Waals surface area contributed by atoms with Crippen LogP contribution in [-0.2, 0) is 13.0 Å². The molecule has 4 nitrogen and oxygen atoms in total. The second-order valence-electron chi connectivity index (χ2n) is 5.03. The van der Waals surface area contributed by atoms with E-state index in [9.17, 15) is 9.90 Å². The molecule has 0 saturated carbocycles. The summed E-state index contributed by atoms with van der Waals surface area (Å²) in [4.78, 5) is 11.9. The van der Waals surface area contributed by atoms with Crippen LogP contribution in [-0.4, -0.2) is 23.8 Å². The molecule has 0 spiro atoms. The van der Waals surface area contributed by atoms with Crippen molar-refractivity contribution < 1.29 is 9.90 Å². The normalized spacial score (nSPS) is 11.7. The van der Waals surface area contributed by atoms with Crippen molar-refractivity contribution in [3.8, 4) is 0 Å². The van der Waals surface area contributed by atoms with E-state index in [-0.39, 0.29) is 18.7 Å². The van der Waals surface area contributed by atoms with Crippen LogP contribution in [0.2, 0.25) is 5.02 Å². The number of hydrogen-bond donors (Lipinski definition) is 3. The van der Waals surface area contributed by atoms with Gasteiger partial charge in [0.2, 0.25) is 0 Å². The van der Waals surface area contributed by atoms with Crippen molar-refractivity contribution in [2.24, 2.45) is 0 Å². The zero-order chi connectivity index (χ0) is 15.8. The highest BCUT2D eigenvalue weighted by molar-refractivity contribution is 6.30. The summed E-state index contributed by atoms with van der Waals surface area (Å²) in [6.45, 7) is 0.273. The highest BCUT2D eigenvalue weighted by Gasteiger charge is 2.11. The van der Waals surface area contributed by atoms with E-state index in [1.54, 1.807) is 12.1 Å². The molecule has 2 aromatic rings. The molecule has 0 radical (unpaired) electrons. The molecule has 0 aromatic heterocycles. The Morgan fingerprint density at radius 2 is 1.82 bits per heavy atom. The number of nitrogens with one attached hydrogen (secondary N) is 2. The largest absolute Gasteiger partial charge is 0.394 e. The van der Waals surface area contributed by atoms with Crippen molar-refractivity contribution >= 4 is 17.6 Å². The van der Waals surface area contributed by atoms with Gasteiger partial charge in [0.05, 0.1) is 12.6 Å². The molecule has 0 saturated heterocycles. The average molecular weight is 319 g/mol. The van der Waals surface area contributed by atoms with Crippen LogP contribution >= 0.6 is 11.6 Å². The smallest absolute Gasteiger partial charge is 0.315 e. The number of urea groups is 1. The third-order valence-electron chi connectivity index (χ3n) is 3.22. The van der Waals surface area contributed by atoms with Crippen molar-refractivity contribution in [1.82, 2.24) is 10.6 Å². The summed E-state index contributed by atoms with van der Waals surface area (Å²) in [6, 6.07) is 16.4. The molecule has 0 heterocycles. The Morgan fingerprint density at radius 1 is 1.09 bits per heavy atom. The quantitative estimate of drug-likeness (QED) is 0.767. The molecule has 0 aliphatic heterocycles. The standard InChI is InChI=1S/C17H19ClN2O2/c18-15-8-4-7-14(9-15)11-19-17(22)20-16(12-21)10-13-5-2-1-3-6-13/h1-9,16,21H,10-12H2,(H2,19,20,22). The lowest BCUT2D eigenvalue weighted by atomic mass is 10.1. The van der Waals surface area contributed by atoms with Crippen molar-refractivity contribution in [3.63, 3.8) is 0 Å². The Kier molecular flexibility index (Phi) is 6.25. The van der Waals surface area contributed by atoms with E-state index in [0.29, 0.717) is 18.0 Å². The molecule has 0 bridgehead atoms. The Hall–Kier alpha value is -2.04. The Balaban J connectivity index is 1.82. The zero-order valence-electron chi connectivity index (χ0n) is 12.1. The number of amides is 2. The monoisotopic (exact) mass is 318 g/mol. The maximum Gasteiger partial charge on any atom is 0.315 e. The van der Waals surface area contributed by atoms with E-state index in [1.165, 1.54) is 0 Å². The first-order valence-corrected chi connectivity index (χ1v) is 7.49. The Morgan fingerprint density at radius 3 is 2.50 bits per heavy atom. The number of aliphatic hydroxyl groups is 1. The molecule has 116 valence electrons. The van der Waals surface area contributed by atoms with Gasteiger partial charge >= 0.3 is 6.03 Å². The first kappa shape index (κ1) is 16.3. The molecule has 1 unspecified atom stereocenters. The van der Waals surface area contributed by atoms with Gasteiger partial charge in [0.25, 0.3) is 0 Å². The number of halogens is 1. The molecular formula is C17H19ClN2O2. The van der Waals surface area contributed by atoms with Crippen LogP contribution in [0.3, 0.4) is 0 Å². The number of carbonyl (C=O) groups is 1. The highest BCUT2D eigenvalue weighted by atomic mass is 35.5. The summed E-state index contributed by atoms with van der Waals surface area (Å²) in [5.41, 5.74) is 1.99. The average Bonchev–Trinajstić information content (AvgIpc) is 2.53. The van der Waals surface area contributed by atoms with Gasteiger partial charge in [-0.15, -0.1) is 0 Å². The van der Waals surface area contributed by atoms with Crippen molar-refractivity contribution in [2.45, 2.75) is 19.0 Å². The molecule has 1 atom stereocenters. The lowest BCUT2D eigenvalue weighted by Crippen LogP contribution is -2.44. The van der Waals surface area contributed by atoms with Crippen molar-refractivity contribution in [1.29, 1.82) is 0 Å². The highest BCUT2D eigenvalue weighted by Crippen LogP contribution is 2.10. The van der Waals surface area contributed by atoms with E-state index in [1.807, 2.05) is 42.5 Å². The first-order valence-electron chi connectivity index (χ1n) is 7.11. The van der Waals surface area contributed by atoms with Crippen LogP contribution < -0.4 is 10.6 Å². The minimum Gasteiger partial charge on any atom is -0.394 e. The number of carbonyl (C=O) groups excluding carboxylic acids is 1. The molecule has 2 rings (SSSR count). The summed E-state index contributed by atoms with van der Waals surface area (Å²) < 4.78 is 0. The number of rotatable bonds is 6. The van der Waals surface area contributed by atoms with Gasteiger partial charge in [0.15, 0.2) is 0 Å². The number of aliphatic hydroxyl groups excluding tert-OH is 1. The topological polar surface area (TPSA) is 61.4 Å². The van der Waals surface area contributed by atoms with Gasteiger partial charge in [0.1, 0.15) is 0 Å². The van der Waals surface area contributed by atoms with Gasteiger partial charge in [-0.25, -0.2) is 4.79 Å². The van der Waals surface area contributed by atoms with Gasteiger partial charge in [-0.05, 0) is 29.7 Å². The first-order chi connectivity index (χ1) is 10.7. The minimum absolute atomic E-state index is 0.112. The zero-order valence-corrected chi connectivity index (χ0v) is 12.9. The van der Waals surface area contributed by atoms with Crippen LogP contribution in [0.5, 0.6) is 0 Å². The molecule has 0 aliphatic carbocycles. The van der Waals surface area contributed by atoms with Crippen LogP contribution in [0.1, 0.15) is 11.1 Å². The summed E-state index contributed by atoms with van der Waals surface area (Å²) in [5, 5.41) is 15.6. The molecule has 0 fully saturated rings. The third-order valence-corrected chi connectivity index (χ3v) is 3.46. The van der Waals surface area contributed by atoms with E-state index in [2.05, 4.69) is 10.6 Å². The summed E-state index contributed by atoms with van der Waals surface area (Å²) >= 11 is 5.90. The molecule has 2 amide bonds. The predicted octanol–water partition coefficient (Wildman–Crippen LogP) is 2.74. The van der Waals surface area contributed by atoms with Crippen LogP contribution in [0.4, 0.5) is 4.79 Å². The van der Waals surface area contributed by atoms with E-state index in [0.717, 1.165) is 11.1 Å². The predicted molar refractivity (Wildman–Crippen MR) is 87.8 cm³/mol. The maximum atomic E-state index is 11.9. The fourth-order valence-corrected chi connectivity index (χ4v) is 2.34. The number of benzene rings is 2. The van der Waals surface area contributed by atoms with Gasteiger partial charge in [0, 0.05) is 11.6 Å². The van der Waals surface area contributed by atoms with Gasteiger partial charge in [-0.2, -0.15) is 0 Å². The van der Waals surface area contributed by atoms with Gasteiger partial charge < -0.3 is 15.7 Å². The van der Waals surface area contributed by atoms with Crippen LogP contribution in [0.25, 0.3) is 0 Å². The van der Waals surface area contributed by atoms with Crippen LogP contribution in [0.15, 0.2) is 54.6 Å². The lowest BCUT2D eigenvalue weighted by Gasteiger charge is -2.17. The molecule has 22 heavy (non-hydrogen) atoms. The van der Waals surface area contributed by atoms with E-state index >= 15 is 0 Å². The minimum atomic E-state index is -0.318. The molecule has 3 N–H and O–H groups in total. The van der Waals surface area contributed by atoms with Gasteiger partial charge in [-0.3, -0.25) is 0 Å². The SMILES string of the molecule is O=C(NCc1cccc(Cl)c1)NC(CO)Cc1ccccc1. The molecule has 2 aromatic carbocycles. The fraction of sp³-hybridized carbons (Fsp3) is 0.235. The summed E-state index contributed by atoms with van der Waals surface area (Å²) in [6.07, 6.45) is 0.585. The second-order valence-corrected chi connectivity index (χ2v) is 5.46. The fourth-order valence-electron chi connectivity index (χ4n) is 2.13. The second kappa shape index (κ2) is 8.41. The van der Waals surface area contributed by atoms with E-state index in [4.69, 9.17) is 11.6 Å². The molecular weight excluding hydrogens is 300 g/mol. The summed E-state index contributed by atoms with van der Waals surface area (Å²) in [7, 11) is 0. The Labute approximate surface area is 135 Å². The number of hydrogen-bond acceptors (Lipinski definition) is 2. The van der Waals surface area contributed by atoms with Gasteiger partial charge in [-0.1, -0.05) is 54.1 Å². The molecule has 0 aliphatic rings.